The third-order valence-electron chi connectivity index (χ3n) is 3.26. The van der Waals surface area contributed by atoms with E-state index in [1.54, 1.807) is 13.0 Å². The molecule has 0 amide bonds. The molecule has 0 fully saturated rings. The summed E-state index contributed by atoms with van der Waals surface area (Å²) in [6, 6.07) is 9.41. The van der Waals surface area contributed by atoms with Crippen LogP contribution in [0.1, 0.15) is 28.6 Å². The van der Waals surface area contributed by atoms with Crippen molar-refractivity contribution in [2.45, 2.75) is 26.2 Å². The average molecular weight is 286 g/mol. The number of rotatable bonds is 5. The molecule has 0 aliphatic carbocycles. The number of carbonyl (C=O) groups is 1. The molecule has 0 spiro atoms. The summed E-state index contributed by atoms with van der Waals surface area (Å²) in [5.74, 6) is -0.744. The maximum Gasteiger partial charge on any atom is 0.312 e. The largest absolute Gasteiger partial charge is 0.481 e. The minimum absolute atomic E-state index is 0.382. The summed E-state index contributed by atoms with van der Waals surface area (Å²) in [6.07, 6.45) is 0.384. The normalized spacial score (nSPS) is 12.0. The van der Waals surface area contributed by atoms with E-state index in [1.165, 1.54) is 7.11 Å². The summed E-state index contributed by atoms with van der Waals surface area (Å²) in [7, 11) is 1.50. The van der Waals surface area contributed by atoms with Crippen molar-refractivity contribution in [3.63, 3.8) is 0 Å². The van der Waals surface area contributed by atoms with E-state index in [0.717, 1.165) is 11.1 Å². The molecule has 0 saturated carbocycles. The first-order valence-electron chi connectivity index (χ1n) is 6.67. The lowest BCUT2D eigenvalue weighted by atomic mass is 9.95. The fourth-order valence-corrected chi connectivity index (χ4v) is 2.12. The van der Waals surface area contributed by atoms with Crippen LogP contribution in [-0.2, 0) is 11.2 Å². The third-order valence-corrected chi connectivity index (χ3v) is 3.26. The Hall–Kier alpha value is -2.43. The van der Waals surface area contributed by atoms with Crippen LogP contribution in [0.2, 0.25) is 0 Å². The zero-order valence-corrected chi connectivity index (χ0v) is 12.3. The first-order chi connectivity index (χ1) is 9.99. The molecule has 0 bridgehead atoms. The van der Waals surface area contributed by atoms with Gasteiger partial charge in [0.2, 0.25) is 5.88 Å². The fourth-order valence-electron chi connectivity index (χ4n) is 2.12. The highest BCUT2D eigenvalue weighted by atomic mass is 16.5. The lowest BCUT2D eigenvalue weighted by Gasteiger charge is -2.13. The highest BCUT2D eigenvalue weighted by Gasteiger charge is 2.23. The summed E-state index contributed by atoms with van der Waals surface area (Å²) >= 11 is 0. The molecule has 1 N–H and O–H groups in total. The maximum absolute atomic E-state index is 11.6. The van der Waals surface area contributed by atoms with Crippen LogP contribution in [0.4, 0.5) is 0 Å². The number of aromatic nitrogens is 2. The Morgan fingerprint density at radius 2 is 1.90 bits per heavy atom. The van der Waals surface area contributed by atoms with Gasteiger partial charge in [0.25, 0.3) is 0 Å². The maximum atomic E-state index is 11.6. The van der Waals surface area contributed by atoms with Gasteiger partial charge in [-0.15, -0.1) is 0 Å². The van der Waals surface area contributed by atoms with E-state index in [0.29, 0.717) is 23.8 Å². The van der Waals surface area contributed by atoms with Gasteiger partial charge in [0, 0.05) is 6.07 Å². The van der Waals surface area contributed by atoms with Gasteiger partial charge in [0.1, 0.15) is 11.7 Å². The molecule has 1 heterocycles. The van der Waals surface area contributed by atoms with Crippen molar-refractivity contribution in [2.24, 2.45) is 0 Å². The summed E-state index contributed by atoms with van der Waals surface area (Å²) in [4.78, 5) is 19.9. The van der Waals surface area contributed by atoms with Gasteiger partial charge < -0.3 is 9.84 Å². The van der Waals surface area contributed by atoms with Crippen molar-refractivity contribution in [2.75, 3.05) is 7.11 Å². The van der Waals surface area contributed by atoms with Crippen molar-refractivity contribution >= 4 is 5.97 Å². The van der Waals surface area contributed by atoms with Crippen LogP contribution < -0.4 is 4.74 Å². The standard InChI is InChI=1S/C16H18N2O3/c1-10-4-6-12(7-5-10)8-13(16(19)20)14-9-15(21-3)18-11(2)17-14/h4-7,9,13H,8H2,1-3H3,(H,19,20). The van der Waals surface area contributed by atoms with E-state index < -0.39 is 11.9 Å². The second kappa shape index (κ2) is 6.35. The fraction of sp³-hybridized carbons (Fsp3) is 0.312. The molecule has 0 aliphatic heterocycles. The van der Waals surface area contributed by atoms with E-state index in [1.807, 2.05) is 31.2 Å². The third kappa shape index (κ3) is 3.78. The highest BCUT2D eigenvalue weighted by molar-refractivity contribution is 5.76. The second-order valence-corrected chi connectivity index (χ2v) is 4.96. The van der Waals surface area contributed by atoms with Crippen LogP contribution in [0.25, 0.3) is 0 Å². The lowest BCUT2D eigenvalue weighted by molar-refractivity contribution is -0.138. The van der Waals surface area contributed by atoms with E-state index >= 15 is 0 Å². The zero-order valence-electron chi connectivity index (χ0n) is 12.3. The number of methoxy groups -OCH3 is 1. The summed E-state index contributed by atoms with van der Waals surface area (Å²) < 4.78 is 5.09. The molecule has 5 heteroatoms. The molecular formula is C16H18N2O3. The smallest absolute Gasteiger partial charge is 0.312 e. The van der Waals surface area contributed by atoms with Crippen LogP contribution >= 0.6 is 0 Å². The van der Waals surface area contributed by atoms with Gasteiger partial charge in [-0.2, -0.15) is 4.98 Å². The topological polar surface area (TPSA) is 72.3 Å². The Labute approximate surface area is 123 Å². The molecule has 2 aromatic rings. The summed E-state index contributed by atoms with van der Waals surface area (Å²) in [6.45, 7) is 3.72. The monoisotopic (exact) mass is 286 g/mol. The predicted molar refractivity (Wildman–Crippen MR) is 78.6 cm³/mol. The molecule has 0 saturated heterocycles. The van der Waals surface area contributed by atoms with Crippen molar-refractivity contribution in [1.82, 2.24) is 9.97 Å². The Morgan fingerprint density at radius 3 is 2.48 bits per heavy atom. The van der Waals surface area contributed by atoms with Crippen LogP contribution in [0.15, 0.2) is 30.3 Å². The van der Waals surface area contributed by atoms with Gasteiger partial charge in [-0.3, -0.25) is 4.79 Å². The van der Waals surface area contributed by atoms with Crippen molar-refractivity contribution in [1.29, 1.82) is 0 Å². The molecule has 110 valence electrons. The Morgan fingerprint density at radius 1 is 1.24 bits per heavy atom. The quantitative estimate of drug-likeness (QED) is 0.914. The SMILES string of the molecule is COc1cc(C(Cc2ccc(C)cc2)C(=O)O)nc(C)n1. The van der Waals surface area contributed by atoms with Crippen LogP contribution in [-0.4, -0.2) is 28.2 Å². The minimum Gasteiger partial charge on any atom is -0.481 e. The molecule has 0 aliphatic rings. The second-order valence-electron chi connectivity index (χ2n) is 4.96. The number of carboxylic acid groups (broad SMARTS) is 1. The number of aryl methyl sites for hydroxylation is 2. The molecule has 2 rings (SSSR count). The van der Waals surface area contributed by atoms with Crippen molar-refractivity contribution in [3.05, 3.63) is 53.0 Å². The summed E-state index contributed by atoms with van der Waals surface area (Å²) in [5, 5.41) is 9.50. The molecule has 1 unspecified atom stereocenters. The molecule has 0 radical (unpaired) electrons. The van der Waals surface area contributed by atoms with Crippen LogP contribution in [0.3, 0.4) is 0 Å². The van der Waals surface area contributed by atoms with Gasteiger partial charge in [0.05, 0.1) is 12.8 Å². The summed E-state index contributed by atoms with van der Waals surface area (Å²) in [5.41, 5.74) is 2.57. The van der Waals surface area contributed by atoms with E-state index in [-0.39, 0.29) is 0 Å². The molecule has 1 aromatic carbocycles. The first-order valence-corrected chi connectivity index (χ1v) is 6.67. The molecule has 1 atom stereocenters. The van der Waals surface area contributed by atoms with Gasteiger partial charge in [-0.05, 0) is 25.8 Å². The van der Waals surface area contributed by atoms with Gasteiger partial charge in [-0.1, -0.05) is 29.8 Å². The number of hydrogen-bond acceptors (Lipinski definition) is 4. The number of hydrogen-bond donors (Lipinski definition) is 1. The minimum atomic E-state index is -0.907. The highest BCUT2D eigenvalue weighted by Crippen LogP contribution is 2.23. The van der Waals surface area contributed by atoms with E-state index in [2.05, 4.69) is 9.97 Å². The Kier molecular flexibility index (Phi) is 4.52. The predicted octanol–water partition coefficient (Wildman–Crippen LogP) is 2.51. The Bertz CT molecular complexity index is 638. The van der Waals surface area contributed by atoms with Gasteiger partial charge >= 0.3 is 5.97 Å². The molecule has 1 aromatic heterocycles. The first kappa shape index (κ1) is 15.0. The van der Waals surface area contributed by atoms with E-state index in [4.69, 9.17) is 4.74 Å². The molecular weight excluding hydrogens is 268 g/mol. The van der Waals surface area contributed by atoms with Crippen LogP contribution in [0, 0.1) is 13.8 Å². The number of benzene rings is 1. The zero-order chi connectivity index (χ0) is 15.4. The Balaban J connectivity index is 2.32. The number of nitrogens with zero attached hydrogens (tertiary/aromatic N) is 2. The lowest BCUT2D eigenvalue weighted by Crippen LogP contribution is -2.17. The molecule has 21 heavy (non-hydrogen) atoms. The molecule has 5 nitrogen and oxygen atoms in total. The van der Waals surface area contributed by atoms with E-state index in [9.17, 15) is 9.90 Å². The average Bonchev–Trinajstić information content (AvgIpc) is 2.45. The number of aliphatic carboxylic acids is 1. The van der Waals surface area contributed by atoms with Gasteiger partial charge in [-0.25, -0.2) is 4.98 Å². The number of ether oxygens (including phenoxy) is 1. The van der Waals surface area contributed by atoms with Gasteiger partial charge in [0.15, 0.2) is 0 Å². The van der Waals surface area contributed by atoms with Crippen molar-refractivity contribution < 1.29 is 14.6 Å². The van der Waals surface area contributed by atoms with Crippen LogP contribution in [0.5, 0.6) is 5.88 Å². The number of carboxylic acids is 1. The van der Waals surface area contributed by atoms with Crippen molar-refractivity contribution in [3.8, 4) is 5.88 Å².